The van der Waals surface area contributed by atoms with Crippen molar-refractivity contribution in [2.75, 3.05) is 34.4 Å². The van der Waals surface area contributed by atoms with Gasteiger partial charge in [-0.15, -0.1) is 0 Å². The minimum Gasteiger partial charge on any atom is -0.453 e. The smallest absolute Gasteiger partial charge is 0.407 e. The lowest BCUT2D eigenvalue weighted by molar-refractivity contribution is -0.136. The molecule has 4 aliphatic heterocycles. The number of alkyl carbamates (subject to hydrolysis) is 2. The second kappa shape index (κ2) is 17.0. The van der Waals surface area contributed by atoms with Crippen LogP contribution in [-0.4, -0.2) is 105 Å². The van der Waals surface area contributed by atoms with Gasteiger partial charge in [0.1, 0.15) is 35.1 Å². The van der Waals surface area contributed by atoms with E-state index in [1.807, 2.05) is 39.8 Å². The molecule has 15 heteroatoms. The number of amides is 4. The average molecular weight is 792 g/mol. The molecule has 58 heavy (non-hydrogen) atoms. The van der Waals surface area contributed by atoms with Crippen molar-refractivity contribution in [1.29, 1.82) is 0 Å². The van der Waals surface area contributed by atoms with Gasteiger partial charge in [0, 0.05) is 36.3 Å². The molecule has 3 saturated heterocycles. The molecular weight excluding hydrogens is 739 g/mol. The number of nitrogens with zero attached hydrogens (tertiary/aromatic N) is 5. The number of fused-ring (bicyclic) bond motifs is 5. The molecule has 0 radical (unpaired) electrons. The first-order valence-corrected chi connectivity index (χ1v) is 20.2. The third-order valence-corrected chi connectivity index (χ3v) is 12.0. The molecule has 1 aromatic carbocycles. The van der Waals surface area contributed by atoms with E-state index in [0.29, 0.717) is 36.1 Å². The largest absolute Gasteiger partial charge is 0.453 e. The highest BCUT2D eigenvalue weighted by atomic mass is 16.5. The number of ether oxygens (including phenoxy) is 2. The molecule has 306 valence electrons. The van der Waals surface area contributed by atoms with Crippen LogP contribution in [0.2, 0.25) is 0 Å². The Bertz CT molecular complexity index is 2040. The summed E-state index contributed by atoms with van der Waals surface area (Å²) >= 11 is 0. The molecule has 3 aromatic rings. The lowest BCUT2D eigenvalue weighted by atomic mass is 9.85. The van der Waals surface area contributed by atoms with Crippen LogP contribution < -0.4 is 10.6 Å². The predicted octanol–water partition coefficient (Wildman–Crippen LogP) is 4.84. The van der Waals surface area contributed by atoms with E-state index >= 15 is 0 Å². The van der Waals surface area contributed by atoms with Crippen LogP contribution in [0.15, 0.2) is 24.5 Å². The number of nitrogens with one attached hydrogen (secondary N) is 4. The van der Waals surface area contributed by atoms with Crippen molar-refractivity contribution in [2.45, 2.75) is 102 Å². The molecule has 2 aromatic heterocycles. The summed E-state index contributed by atoms with van der Waals surface area (Å²) in [6, 6.07) is 2.71. The van der Waals surface area contributed by atoms with Crippen LogP contribution >= 0.6 is 0 Å². The number of H-pyrrole nitrogens is 2. The molecule has 2 bridgehead atoms. The van der Waals surface area contributed by atoms with E-state index in [9.17, 15) is 19.2 Å². The molecule has 15 nitrogen and oxygen atoms in total. The number of aromatic amines is 2. The topological polar surface area (TPSA) is 178 Å². The number of hydrogen-bond donors (Lipinski definition) is 4. The average Bonchev–Trinajstić information content (AvgIpc) is 4.08. The van der Waals surface area contributed by atoms with Gasteiger partial charge in [-0.05, 0) is 92.5 Å². The maximum Gasteiger partial charge on any atom is 0.407 e. The summed E-state index contributed by atoms with van der Waals surface area (Å²) in [6.07, 6.45) is 7.45. The van der Waals surface area contributed by atoms with E-state index in [1.165, 1.54) is 25.3 Å². The number of hydrogen-bond acceptors (Lipinski definition) is 9. The van der Waals surface area contributed by atoms with E-state index in [0.717, 1.165) is 49.7 Å². The number of methoxy groups -OCH3 is 2. The minimum absolute atomic E-state index is 0.118. The third-order valence-electron chi connectivity index (χ3n) is 12.0. The quantitative estimate of drug-likeness (QED) is 0.233. The molecule has 0 aliphatic carbocycles. The molecular formula is C43H53N9O6. The van der Waals surface area contributed by atoms with Crippen LogP contribution in [0.25, 0.3) is 0 Å². The van der Waals surface area contributed by atoms with Crippen molar-refractivity contribution in [2.24, 2.45) is 11.8 Å². The highest BCUT2D eigenvalue weighted by Gasteiger charge is 2.44. The van der Waals surface area contributed by atoms with E-state index in [-0.39, 0.29) is 47.8 Å². The summed E-state index contributed by atoms with van der Waals surface area (Å²) in [5, 5.41) is 5.39. The monoisotopic (exact) mass is 791 g/mol. The predicted molar refractivity (Wildman–Crippen MR) is 214 cm³/mol. The van der Waals surface area contributed by atoms with Crippen molar-refractivity contribution in [3.8, 4) is 23.7 Å². The fraction of sp³-hybridized carbons (Fsp3) is 0.535. The van der Waals surface area contributed by atoms with Crippen molar-refractivity contribution in [3.63, 3.8) is 0 Å². The molecule has 4 aliphatic rings. The Kier molecular flexibility index (Phi) is 11.8. The molecule has 6 atom stereocenters. The first-order valence-electron chi connectivity index (χ1n) is 20.2. The number of carbonyl (C=O) groups excluding carboxylic acids is 4. The van der Waals surface area contributed by atoms with Crippen LogP contribution in [0.3, 0.4) is 0 Å². The Morgan fingerprint density at radius 2 is 1.09 bits per heavy atom. The Hall–Kier alpha value is -5.80. The van der Waals surface area contributed by atoms with Gasteiger partial charge in [0.05, 0.1) is 38.7 Å². The van der Waals surface area contributed by atoms with Gasteiger partial charge in [0.2, 0.25) is 11.8 Å². The SMILES string of the molecule is COC(=O)N[C@H](C(=O)N1CCC[C@H]1c1ncc(C#Cc2ccc(C#Cc3cnc([C@@H]4CCCN4C(=O)[C@@H](NC(=O)OC)C(C)C)[nH]3)c3c2C2CCC3N2C)[nH]1)C(C)C. The summed E-state index contributed by atoms with van der Waals surface area (Å²) < 4.78 is 9.53. The first-order chi connectivity index (χ1) is 27.9. The maximum absolute atomic E-state index is 13.6. The van der Waals surface area contributed by atoms with Crippen LogP contribution in [0.1, 0.15) is 136 Å². The van der Waals surface area contributed by atoms with E-state index in [4.69, 9.17) is 9.47 Å². The summed E-state index contributed by atoms with van der Waals surface area (Å²) in [7, 11) is 4.74. The van der Waals surface area contributed by atoms with Crippen molar-refractivity contribution in [3.05, 3.63) is 69.8 Å². The fourth-order valence-corrected chi connectivity index (χ4v) is 9.00. The molecule has 0 spiro atoms. The highest BCUT2D eigenvalue weighted by molar-refractivity contribution is 5.87. The number of aromatic nitrogens is 4. The zero-order chi connectivity index (χ0) is 41.2. The second-order valence-corrected chi connectivity index (χ2v) is 16.2. The Labute approximate surface area is 339 Å². The summed E-state index contributed by atoms with van der Waals surface area (Å²) in [5.41, 5.74) is 5.67. The van der Waals surface area contributed by atoms with Gasteiger partial charge < -0.3 is 39.9 Å². The van der Waals surface area contributed by atoms with Gasteiger partial charge in [-0.3, -0.25) is 14.5 Å². The molecule has 2 unspecified atom stereocenters. The molecule has 4 N–H and O–H groups in total. The maximum atomic E-state index is 13.6. The van der Waals surface area contributed by atoms with Gasteiger partial charge in [0.25, 0.3) is 0 Å². The molecule has 4 amide bonds. The first kappa shape index (κ1) is 40.4. The highest BCUT2D eigenvalue weighted by Crippen LogP contribution is 2.54. The third kappa shape index (κ3) is 7.88. The van der Waals surface area contributed by atoms with Crippen LogP contribution in [0, 0.1) is 35.5 Å². The van der Waals surface area contributed by atoms with Crippen LogP contribution in [0.4, 0.5) is 9.59 Å². The number of benzene rings is 1. The zero-order valence-electron chi connectivity index (χ0n) is 34.3. The standard InChI is InChI=1S/C43H53N9O6/c1-24(2)36(48-42(55)57-6)40(53)51-20-8-10-32(51)38-44-22-28(46-38)16-14-26-12-13-27(35-31-19-18-30(34(26)35)50(31)5)15-17-29-23-45-39(47-29)33-11-9-21-52(33)41(54)37(25(3)4)49-43(56)58-7/h12-13,22-25,30-33,36-37H,8-11,18-21H2,1-7H3,(H,44,46)(H,45,47)(H,48,55)(H,49,56)/t30?,31?,32-,33-,36-,37-/m0/s1. The van der Waals surface area contributed by atoms with Gasteiger partial charge in [0.15, 0.2) is 0 Å². The fourth-order valence-electron chi connectivity index (χ4n) is 9.00. The lowest BCUT2D eigenvalue weighted by Crippen LogP contribution is -2.51. The molecule has 0 saturated carbocycles. The van der Waals surface area contributed by atoms with Gasteiger partial charge >= 0.3 is 12.2 Å². The van der Waals surface area contributed by atoms with Crippen molar-refractivity contribution < 1.29 is 28.7 Å². The van der Waals surface area contributed by atoms with E-state index in [1.54, 1.807) is 22.2 Å². The van der Waals surface area contributed by atoms with Gasteiger partial charge in [-0.1, -0.05) is 39.5 Å². The number of likely N-dealkylation sites (tertiary alicyclic amines) is 2. The van der Waals surface area contributed by atoms with Gasteiger partial charge in [-0.25, -0.2) is 19.6 Å². The van der Waals surface area contributed by atoms with E-state index in [2.05, 4.69) is 66.2 Å². The van der Waals surface area contributed by atoms with Crippen molar-refractivity contribution >= 4 is 24.0 Å². The Morgan fingerprint density at radius 1 is 0.672 bits per heavy atom. The molecule has 7 rings (SSSR count). The Morgan fingerprint density at radius 3 is 1.47 bits per heavy atom. The number of imidazole rings is 2. The summed E-state index contributed by atoms with van der Waals surface area (Å²) in [4.78, 5) is 73.2. The number of carbonyl (C=O) groups is 4. The summed E-state index contributed by atoms with van der Waals surface area (Å²) in [5.74, 6) is 14.3. The van der Waals surface area contributed by atoms with Gasteiger partial charge in [-0.2, -0.15) is 0 Å². The lowest BCUT2D eigenvalue weighted by Gasteiger charge is -2.29. The number of rotatable bonds is 8. The van der Waals surface area contributed by atoms with E-state index < -0.39 is 24.3 Å². The zero-order valence-corrected chi connectivity index (χ0v) is 34.3. The molecule has 3 fully saturated rings. The Balaban J connectivity index is 1.09. The van der Waals surface area contributed by atoms with Crippen LogP contribution in [-0.2, 0) is 19.1 Å². The second-order valence-electron chi connectivity index (χ2n) is 16.2. The van der Waals surface area contributed by atoms with Crippen molar-refractivity contribution in [1.82, 2.24) is 45.3 Å². The van der Waals surface area contributed by atoms with Crippen LogP contribution in [0.5, 0.6) is 0 Å². The normalized spacial score (nSPS) is 21.9. The molecule has 6 heterocycles. The summed E-state index contributed by atoms with van der Waals surface area (Å²) in [6.45, 7) is 8.74. The minimum atomic E-state index is -0.704.